The molecule has 2 rings (SSSR count). The van der Waals surface area contributed by atoms with Gasteiger partial charge in [-0.05, 0) is 30.7 Å². The van der Waals surface area contributed by atoms with Gasteiger partial charge >= 0.3 is 0 Å². The summed E-state index contributed by atoms with van der Waals surface area (Å²) in [6.07, 6.45) is 2.83. The molecule has 2 aromatic rings. The number of rotatable bonds is 8. The SMILES string of the molecule is CCCOCCNCc1cn[nH]c1-c1ccc(F)cc1. The molecule has 5 heteroatoms. The van der Waals surface area contributed by atoms with Gasteiger partial charge in [-0.3, -0.25) is 5.10 Å². The Morgan fingerprint density at radius 3 is 2.80 bits per heavy atom. The van der Waals surface area contributed by atoms with Crippen molar-refractivity contribution in [2.45, 2.75) is 19.9 Å². The molecule has 2 N–H and O–H groups in total. The van der Waals surface area contributed by atoms with Crippen LogP contribution in [0.25, 0.3) is 11.3 Å². The predicted octanol–water partition coefficient (Wildman–Crippen LogP) is 2.73. The molecule has 0 spiro atoms. The summed E-state index contributed by atoms with van der Waals surface area (Å²) >= 11 is 0. The summed E-state index contributed by atoms with van der Waals surface area (Å²) in [7, 11) is 0. The van der Waals surface area contributed by atoms with Crippen molar-refractivity contribution in [2.75, 3.05) is 19.8 Å². The summed E-state index contributed by atoms with van der Waals surface area (Å²) in [6.45, 7) is 5.10. The molecule has 0 amide bonds. The Morgan fingerprint density at radius 2 is 2.05 bits per heavy atom. The van der Waals surface area contributed by atoms with Crippen molar-refractivity contribution in [3.63, 3.8) is 0 Å². The minimum atomic E-state index is -0.235. The molecule has 0 saturated carbocycles. The lowest BCUT2D eigenvalue weighted by Gasteiger charge is -2.06. The lowest BCUT2D eigenvalue weighted by atomic mass is 10.1. The van der Waals surface area contributed by atoms with E-state index in [2.05, 4.69) is 22.4 Å². The van der Waals surface area contributed by atoms with E-state index in [0.717, 1.165) is 36.4 Å². The van der Waals surface area contributed by atoms with Crippen LogP contribution in [0.15, 0.2) is 30.5 Å². The molecule has 0 radical (unpaired) electrons. The molecule has 0 aliphatic heterocycles. The lowest BCUT2D eigenvalue weighted by Crippen LogP contribution is -2.19. The minimum Gasteiger partial charge on any atom is -0.380 e. The quantitative estimate of drug-likeness (QED) is 0.729. The summed E-state index contributed by atoms with van der Waals surface area (Å²) in [5.74, 6) is -0.235. The first-order valence-electron chi connectivity index (χ1n) is 6.88. The van der Waals surface area contributed by atoms with E-state index in [1.165, 1.54) is 12.1 Å². The molecule has 0 bridgehead atoms. The molecule has 0 saturated heterocycles. The van der Waals surface area contributed by atoms with Gasteiger partial charge in [0.15, 0.2) is 0 Å². The Morgan fingerprint density at radius 1 is 1.25 bits per heavy atom. The molecule has 20 heavy (non-hydrogen) atoms. The van der Waals surface area contributed by atoms with Gasteiger partial charge in [0, 0.05) is 30.8 Å². The molecule has 1 heterocycles. The lowest BCUT2D eigenvalue weighted by molar-refractivity contribution is 0.136. The number of hydrogen-bond donors (Lipinski definition) is 2. The maximum absolute atomic E-state index is 12.9. The molecule has 1 aromatic carbocycles. The number of aromatic amines is 1. The van der Waals surface area contributed by atoms with Crippen LogP contribution in [0.1, 0.15) is 18.9 Å². The Labute approximate surface area is 118 Å². The molecule has 4 nitrogen and oxygen atoms in total. The molecular weight excluding hydrogens is 257 g/mol. The third-order valence-corrected chi connectivity index (χ3v) is 2.94. The number of H-pyrrole nitrogens is 1. The van der Waals surface area contributed by atoms with Crippen LogP contribution in [-0.2, 0) is 11.3 Å². The average Bonchev–Trinajstić information content (AvgIpc) is 2.92. The van der Waals surface area contributed by atoms with E-state index < -0.39 is 0 Å². The van der Waals surface area contributed by atoms with Crippen LogP contribution < -0.4 is 5.32 Å². The molecule has 0 fully saturated rings. The first kappa shape index (κ1) is 14.7. The zero-order chi connectivity index (χ0) is 14.2. The van der Waals surface area contributed by atoms with Crippen molar-refractivity contribution in [2.24, 2.45) is 0 Å². The van der Waals surface area contributed by atoms with E-state index in [1.807, 2.05) is 0 Å². The second kappa shape index (κ2) is 7.77. The highest BCUT2D eigenvalue weighted by Crippen LogP contribution is 2.21. The Kier molecular flexibility index (Phi) is 5.70. The normalized spacial score (nSPS) is 10.9. The summed E-state index contributed by atoms with van der Waals surface area (Å²) < 4.78 is 18.3. The highest BCUT2D eigenvalue weighted by atomic mass is 19.1. The molecule has 0 atom stereocenters. The smallest absolute Gasteiger partial charge is 0.123 e. The van der Waals surface area contributed by atoms with Crippen molar-refractivity contribution in [3.8, 4) is 11.3 Å². The molecule has 108 valence electrons. The third kappa shape index (κ3) is 4.15. The van der Waals surface area contributed by atoms with E-state index >= 15 is 0 Å². The van der Waals surface area contributed by atoms with E-state index in [0.29, 0.717) is 13.2 Å². The fourth-order valence-corrected chi connectivity index (χ4v) is 1.93. The van der Waals surface area contributed by atoms with Crippen molar-refractivity contribution in [1.29, 1.82) is 0 Å². The Balaban J connectivity index is 1.87. The van der Waals surface area contributed by atoms with Crippen molar-refractivity contribution >= 4 is 0 Å². The average molecular weight is 277 g/mol. The molecule has 0 aliphatic rings. The van der Waals surface area contributed by atoms with Crippen LogP contribution in [0.3, 0.4) is 0 Å². The predicted molar refractivity (Wildman–Crippen MR) is 76.8 cm³/mol. The second-order valence-electron chi connectivity index (χ2n) is 4.57. The van der Waals surface area contributed by atoms with Crippen LogP contribution in [0, 0.1) is 5.82 Å². The van der Waals surface area contributed by atoms with E-state index in [9.17, 15) is 4.39 Å². The molecule has 0 unspecified atom stereocenters. The summed E-state index contributed by atoms with van der Waals surface area (Å²) in [6, 6.07) is 6.39. The van der Waals surface area contributed by atoms with Gasteiger partial charge in [0.05, 0.1) is 18.5 Å². The fourth-order valence-electron chi connectivity index (χ4n) is 1.93. The van der Waals surface area contributed by atoms with Gasteiger partial charge in [-0.15, -0.1) is 0 Å². The van der Waals surface area contributed by atoms with Crippen molar-refractivity contribution in [1.82, 2.24) is 15.5 Å². The van der Waals surface area contributed by atoms with Crippen LogP contribution in [0.5, 0.6) is 0 Å². The van der Waals surface area contributed by atoms with Crippen LogP contribution in [0.2, 0.25) is 0 Å². The van der Waals surface area contributed by atoms with Gasteiger partial charge in [-0.2, -0.15) is 5.10 Å². The van der Waals surface area contributed by atoms with Gasteiger partial charge in [0.2, 0.25) is 0 Å². The van der Waals surface area contributed by atoms with E-state index in [-0.39, 0.29) is 5.82 Å². The number of benzene rings is 1. The number of aromatic nitrogens is 2. The molecule has 1 aromatic heterocycles. The topological polar surface area (TPSA) is 49.9 Å². The second-order valence-corrected chi connectivity index (χ2v) is 4.57. The van der Waals surface area contributed by atoms with Crippen LogP contribution in [-0.4, -0.2) is 30.0 Å². The van der Waals surface area contributed by atoms with Gasteiger partial charge < -0.3 is 10.1 Å². The standard InChI is InChI=1S/C15H20FN3O/c1-2-8-20-9-7-17-10-13-11-18-19-15(13)12-3-5-14(16)6-4-12/h3-6,11,17H,2,7-10H2,1H3,(H,18,19). The summed E-state index contributed by atoms with van der Waals surface area (Å²) in [5, 5.41) is 10.3. The highest BCUT2D eigenvalue weighted by Gasteiger charge is 2.07. The van der Waals surface area contributed by atoms with Gasteiger partial charge in [-0.25, -0.2) is 4.39 Å². The number of nitrogens with zero attached hydrogens (tertiary/aromatic N) is 1. The third-order valence-electron chi connectivity index (χ3n) is 2.94. The minimum absolute atomic E-state index is 0.235. The zero-order valence-corrected chi connectivity index (χ0v) is 11.7. The van der Waals surface area contributed by atoms with E-state index in [4.69, 9.17) is 4.74 Å². The van der Waals surface area contributed by atoms with Gasteiger partial charge in [0.25, 0.3) is 0 Å². The molecular formula is C15H20FN3O. The van der Waals surface area contributed by atoms with Crippen LogP contribution >= 0.6 is 0 Å². The Bertz CT molecular complexity index is 510. The number of halogens is 1. The van der Waals surface area contributed by atoms with Crippen LogP contribution in [0.4, 0.5) is 4.39 Å². The fraction of sp³-hybridized carbons (Fsp3) is 0.400. The number of ether oxygens (including phenoxy) is 1. The first-order valence-corrected chi connectivity index (χ1v) is 6.88. The van der Waals surface area contributed by atoms with Gasteiger partial charge in [0.1, 0.15) is 5.82 Å². The summed E-state index contributed by atoms with van der Waals surface area (Å²) in [4.78, 5) is 0. The van der Waals surface area contributed by atoms with E-state index in [1.54, 1.807) is 18.3 Å². The Hall–Kier alpha value is -1.72. The van der Waals surface area contributed by atoms with Crippen molar-refractivity contribution in [3.05, 3.63) is 41.8 Å². The molecule has 0 aliphatic carbocycles. The highest BCUT2D eigenvalue weighted by molar-refractivity contribution is 5.62. The maximum Gasteiger partial charge on any atom is 0.123 e. The monoisotopic (exact) mass is 277 g/mol. The largest absolute Gasteiger partial charge is 0.380 e. The zero-order valence-electron chi connectivity index (χ0n) is 11.7. The number of nitrogens with one attached hydrogen (secondary N) is 2. The summed E-state index contributed by atoms with van der Waals surface area (Å²) in [5.41, 5.74) is 2.92. The number of hydrogen-bond acceptors (Lipinski definition) is 3. The van der Waals surface area contributed by atoms with Crippen molar-refractivity contribution < 1.29 is 9.13 Å². The van der Waals surface area contributed by atoms with Gasteiger partial charge in [-0.1, -0.05) is 6.92 Å². The first-order chi connectivity index (χ1) is 9.81. The maximum atomic E-state index is 12.9.